The first-order valence-corrected chi connectivity index (χ1v) is 10.9. The second kappa shape index (κ2) is 15.8. The SMILES string of the molecule is CC.CCCC(CCC)CCC(=O)C(C)(C)C.CCc1cc(C)ccc1F. The molecule has 0 saturated carbocycles. The molecule has 158 valence electrons. The highest BCUT2D eigenvalue weighted by Crippen LogP contribution is 2.24. The average Bonchev–Trinajstić information content (AvgIpc) is 2.63. The van der Waals surface area contributed by atoms with E-state index >= 15 is 0 Å². The fourth-order valence-corrected chi connectivity index (χ4v) is 2.93. The minimum absolute atomic E-state index is 0.0897. The maximum absolute atomic E-state index is 12.8. The third-order valence-electron chi connectivity index (χ3n) is 4.59. The van der Waals surface area contributed by atoms with Gasteiger partial charge in [-0.05, 0) is 37.3 Å². The summed E-state index contributed by atoms with van der Waals surface area (Å²) in [6.45, 7) is 18.4. The lowest BCUT2D eigenvalue weighted by molar-refractivity contribution is -0.126. The second-order valence-electron chi connectivity index (χ2n) is 8.10. The number of benzene rings is 1. The van der Waals surface area contributed by atoms with Crippen LogP contribution in [0.4, 0.5) is 4.39 Å². The minimum atomic E-state index is -0.150. The first-order valence-electron chi connectivity index (χ1n) is 10.9. The molecule has 0 N–H and O–H groups in total. The molecule has 0 aliphatic heterocycles. The van der Waals surface area contributed by atoms with Gasteiger partial charge in [0.15, 0.2) is 0 Å². The van der Waals surface area contributed by atoms with Gasteiger partial charge in [-0.15, -0.1) is 0 Å². The van der Waals surface area contributed by atoms with Crippen molar-refractivity contribution in [1.82, 2.24) is 0 Å². The Morgan fingerprint density at radius 1 is 1.00 bits per heavy atom. The zero-order chi connectivity index (χ0) is 21.5. The van der Waals surface area contributed by atoms with E-state index in [9.17, 15) is 9.18 Å². The number of ketones is 1. The van der Waals surface area contributed by atoms with Crippen LogP contribution in [0, 0.1) is 24.1 Å². The lowest BCUT2D eigenvalue weighted by Crippen LogP contribution is -2.20. The van der Waals surface area contributed by atoms with E-state index in [4.69, 9.17) is 0 Å². The van der Waals surface area contributed by atoms with Gasteiger partial charge in [0, 0.05) is 11.8 Å². The molecule has 1 aromatic carbocycles. The molecule has 1 nitrogen and oxygen atoms in total. The molecule has 2 heteroatoms. The van der Waals surface area contributed by atoms with Gasteiger partial charge in [-0.25, -0.2) is 4.39 Å². The van der Waals surface area contributed by atoms with Crippen LogP contribution in [0.5, 0.6) is 0 Å². The Labute approximate surface area is 169 Å². The van der Waals surface area contributed by atoms with Crippen LogP contribution in [0.15, 0.2) is 18.2 Å². The predicted octanol–water partition coefficient (Wildman–Crippen LogP) is 8.32. The zero-order valence-corrected chi connectivity index (χ0v) is 19.5. The summed E-state index contributed by atoms with van der Waals surface area (Å²) in [5, 5.41) is 0. The van der Waals surface area contributed by atoms with Crippen LogP contribution in [0.2, 0.25) is 0 Å². The summed E-state index contributed by atoms with van der Waals surface area (Å²) in [7, 11) is 0. The van der Waals surface area contributed by atoms with E-state index in [1.54, 1.807) is 6.07 Å². The minimum Gasteiger partial charge on any atom is -0.299 e. The zero-order valence-electron chi connectivity index (χ0n) is 19.5. The van der Waals surface area contributed by atoms with Gasteiger partial charge in [-0.3, -0.25) is 4.79 Å². The third kappa shape index (κ3) is 13.6. The van der Waals surface area contributed by atoms with E-state index in [-0.39, 0.29) is 11.2 Å². The molecule has 0 aromatic heterocycles. The van der Waals surface area contributed by atoms with Gasteiger partial charge in [0.25, 0.3) is 0 Å². The van der Waals surface area contributed by atoms with Crippen molar-refractivity contribution in [3.63, 3.8) is 0 Å². The maximum Gasteiger partial charge on any atom is 0.138 e. The van der Waals surface area contributed by atoms with Crippen LogP contribution in [0.25, 0.3) is 0 Å². The highest BCUT2D eigenvalue weighted by molar-refractivity contribution is 5.83. The Kier molecular flexibility index (Phi) is 16.4. The highest BCUT2D eigenvalue weighted by atomic mass is 19.1. The molecule has 0 aliphatic carbocycles. The number of hydrogen-bond acceptors (Lipinski definition) is 1. The van der Waals surface area contributed by atoms with Gasteiger partial charge in [-0.2, -0.15) is 0 Å². The summed E-state index contributed by atoms with van der Waals surface area (Å²) in [6, 6.07) is 5.19. The summed E-state index contributed by atoms with van der Waals surface area (Å²) in [6.07, 6.45) is 7.69. The number of hydrogen-bond donors (Lipinski definition) is 0. The fourth-order valence-electron chi connectivity index (χ4n) is 2.93. The van der Waals surface area contributed by atoms with Crippen molar-refractivity contribution in [1.29, 1.82) is 0 Å². The fraction of sp³-hybridized carbons (Fsp3) is 0.720. The lowest BCUT2D eigenvalue weighted by Gasteiger charge is -2.19. The first-order chi connectivity index (χ1) is 12.6. The monoisotopic (exact) mass is 380 g/mol. The molecular formula is C25H45FO. The van der Waals surface area contributed by atoms with E-state index in [0.29, 0.717) is 5.78 Å². The molecule has 0 radical (unpaired) electrons. The molecule has 0 aliphatic rings. The highest BCUT2D eigenvalue weighted by Gasteiger charge is 2.21. The number of Topliss-reactive ketones (excluding diaryl/α,β-unsaturated/α-hetero) is 1. The predicted molar refractivity (Wildman–Crippen MR) is 119 cm³/mol. The van der Waals surface area contributed by atoms with Gasteiger partial charge >= 0.3 is 0 Å². The average molecular weight is 381 g/mol. The van der Waals surface area contributed by atoms with Crippen LogP contribution < -0.4 is 0 Å². The molecule has 0 spiro atoms. The number of rotatable bonds is 8. The normalized spacial score (nSPS) is 10.6. The number of carbonyl (C=O) groups is 1. The Morgan fingerprint density at radius 3 is 1.89 bits per heavy atom. The van der Waals surface area contributed by atoms with Crippen LogP contribution in [-0.2, 0) is 11.2 Å². The summed E-state index contributed by atoms with van der Waals surface area (Å²) in [5.41, 5.74) is 1.78. The van der Waals surface area contributed by atoms with Crippen molar-refractivity contribution >= 4 is 5.78 Å². The standard InChI is InChI=1S/C14H28O.C9H11F.C2H6/c1-6-8-12(9-7-2)10-11-13(15)14(3,4)5;1-3-8-6-7(2)4-5-9(8)10;1-2/h12H,6-11H2,1-5H3;4-6H,3H2,1-2H3;1-2H3. The molecule has 0 saturated heterocycles. The number of aryl methyl sites for hydroxylation is 2. The molecule has 27 heavy (non-hydrogen) atoms. The van der Waals surface area contributed by atoms with Crippen molar-refractivity contribution in [3.05, 3.63) is 35.1 Å². The number of halogens is 1. The molecule has 0 bridgehead atoms. The summed E-state index contributed by atoms with van der Waals surface area (Å²) in [5.74, 6) is 1.10. The van der Waals surface area contributed by atoms with E-state index in [0.717, 1.165) is 36.3 Å². The smallest absolute Gasteiger partial charge is 0.138 e. The van der Waals surface area contributed by atoms with Crippen LogP contribution in [-0.4, -0.2) is 5.78 Å². The third-order valence-corrected chi connectivity index (χ3v) is 4.59. The Hall–Kier alpha value is -1.18. The summed E-state index contributed by atoms with van der Waals surface area (Å²) >= 11 is 0. The lowest BCUT2D eigenvalue weighted by atomic mass is 9.84. The Balaban J connectivity index is 0. The molecular weight excluding hydrogens is 335 g/mol. The van der Waals surface area contributed by atoms with E-state index in [1.807, 2.05) is 54.5 Å². The first kappa shape index (κ1) is 28.0. The van der Waals surface area contributed by atoms with E-state index in [1.165, 1.54) is 31.7 Å². The molecule has 0 unspecified atom stereocenters. The topological polar surface area (TPSA) is 17.1 Å². The Bertz CT molecular complexity index is 494. The van der Waals surface area contributed by atoms with E-state index in [2.05, 4.69) is 13.8 Å². The van der Waals surface area contributed by atoms with Crippen molar-refractivity contribution < 1.29 is 9.18 Å². The quantitative estimate of drug-likeness (QED) is 0.443. The van der Waals surface area contributed by atoms with Crippen molar-refractivity contribution in [2.45, 2.75) is 107 Å². The Morgan fingerprint density at radius 2 is 1.52 bits per heavy atom. The van der Waals surface area contributed by atoms with Crippen molar-refractivity contribution in [2.75, 3.05) is 0 Å². The van der Waals surface area contributed by atoms with Crippen LogP contribution in [0.1, 0.15) is 105 Å². The molecule has 0 atom stereocenters. The van der Waals surface area contributed by atoms with Gasteiger partial charge in [0.2, 0.25) is 0 Å². The summed E-state index contributed by atoms with van der Waals surface area (Å²) < 4.78 is 12.8. The van der Waals surface area contributed by atoms with Gasteiger partial charge < -0.3 is 0 Å². The largest absolute Gasteiger partial charge is 0.299 e. The molecule has 0 amide bonds. The van der Waals surface area contributed by atoms with Gasteiger partial charge in [0.1, 0.15) is 11.6 Å². The van der Waals surface area contributed by atoms with E-state index < -0.39 is 0 Å². The van der Waals surface area contributed by atoms with Crippen LogP contribution in [0.3, 0.4) is 0 Å². The van der Waals surface area contributed by atoms with Crippen molar-refractivity contribution in [2.24, 2.45) is 11.3 Å². The molecule has 0 heterocycles. The molecule has 1 rings (SSSR count). The van der Waals surface area contributed by atoms with Crippen LogP contribution >= 0.6 is 0 Å². The van der Waals surface area contributed by atoms with Gasteiger partial charge in [-0.1, -0.05) is 98.8 Å². The number of carbonyl (C=O) groups excluding carboxylic acids is 1. The molecule has 1 aromatic rings. The van der Waals surface area contributed by atoms with Crippen molar-refractivity contribution in [3.8, 4) is 0 Å². The van der Waals surface area contributed by atoms with Gasteiger partial charge in [0.05, 0.1) is 0 Å². The second-order valence-corrected chi connectivity index (χ2v) is 8.10. The summed E-state index contributed by atoms with van der Waals surface area (Å²) in [4.78, 5) is 11.8. The molecule has 0 fully saturated rings. The maximum atomic E-state index is 12.8.